The Morgan fingerprint density at radius 3 is 2.83 bits per heavy atom. The first-order valence-electron chi connectivity index (χ1n) is 7.30. The fourth-order valence-electron chi connectivity index (χ4n) is 2.09. The molecule has 2 aromatic rings. The van der Waals surface area contributed by atoms with Gasteiger partial charge in [0, 0.05) is 20.1 Å². The van der Waals surface area contributed by atoms with Gasteiger partial charge >= 0.3 is 0 Å². The van der Waals surface area contributed by atoms with E-state index in [9.17, 15) is 5.11 Å². The molecule has 2 rings (SSSR count). The highest BCUT2D eigenvalue weighted by Gasteiger charge is 2.26. The van der Waals surface area contributed by atoms with Crippen LogP contribution in [0.15, 0.2) is 44.6 Å². The molecule has 0 fully saturated rings. The van der Waals surface area contributed by atoms with Crippen LogP contribution in [0.1, 0.15) is 25.2 Å². The Morgan fingerprint density at radius 1 is 1.48 bits per heavy atom. The number of furan rings is 1. The van der Waals surface area contributed by atoms with Crippen molar-refractivity contribution in [2.24, 2.45) is 4.99 Å². The Hall–Kier alpha value is -1.06. The van der Waals surface area contributed by atoms with E-state index >= 15 is 0 Å². The number of aliphatic imine (C=N–C) groups is 1. The molecule has 2 heterocycles. The molecule has 1 unspecified atom stereocenters. The SMILES string of the molecule is CCNC(=NCC(C)(O)c1ccco1)N(C)Cc1ccsc1.I. The van der Waals surface area contributed by atoms with Crippen LogP contribution >= 0.6 is 35.3 Å². The van der Waals surface area contributed by atoms with Crippen LogP contribution in [0.4, 0.5) is 0 Å². The van der Waals surface area contributed by atoms with Crippen molar-refractivity contribution in [3.8, 4) is 0 Å². The summed E-state index contributed by atoms with van der Waals surface area (Å²) in [5.74, 6) is 1.29. The van der Waals surface area contributed by atoms with Gasteiger partial charge in [0.2, 0.25) is 0 Å². The highest BCUT2D eigenvalue weighted by molar-refractivity contribution is 14.0. The number of hydrogen-bond donors (Lipinski definition) is 2. The van der Waals surface area contributed by atoms with E-state index < -0.39 is 5.60 Å². The van der Waals surface area contributed by atoms with Gasteiger partial charge in [-0.05, 0) is 48.4 Å². The summed E-state index contributed by atoms with van der Waals surface area (Å²) in [6.07, 6.45) is 1.56. The molecule has 5 nitrogen and oxygen atoms in total. The van der Waals surface area contributed by atoms with E-state index in [1.54, 1.807) is 36.7 Å². The van der Waals surface area contributed by atoms with Gasteiger partial charge in [0.1, 0.15) is 11.4 Å². The van der Waals surface area contributed by atoms with Crippen molar-refractivity contribution in [2.75, 3.05) is 20.1 Å². The lowest BCUT2D eigenvalue weighted by atomic mass is 10.0. The molecule has 0 amide bonds. The average molecular weight is 449 g/mol. The first-order chi connectivity index (χ1) is 10.5. The van der Waals surface area contributed by atoms with Crippen LogP contribution in [-0.2, 0) is 12.1 Å². The minimum atomic E-state index is -1.12. The van der Waals surface area contributed by atoms with E-state index in [1.165, 1.54) is 5.56 Å². The van der Waals surface area contributed by atoms with Gasteiger partial charge in [-0.15, -0.1) is 24.0 Å². The molecule has 0 aliphatic carbocycles. The third-order valence-electron chi connectivity index (χ3n) is 3.29. The molecule has 0 bridgehead atoms. The molecule has 0 radical (unpaired) electrons. The lowest BCUT2D eigenvalue weighted by Gasteiger charge is -2.24. The number of hydrogen-bond acceptors (Lipinski definition) is 4. The molecule has 0 aliphatic rings. The summed E-state index contributed by atoms with van der Waals surface area (Å²) in [5, 5.41) is 17.9. The molecule has 0 spiro atoms. The van der Waals surface area contributed by atoms with E-state index in [1.807, 2.05) is 18.9 Å². The van der Waals surface area contributed by atoms with Crippen LogP contribution in [-0.4, -0.2) is 36.1 Å². The molecule has 0 saturated heterocycles. The first kappa shape index (κ1) is 20.0. The van der Waals surface area contributed by atoms with Gasteiger partial charge in [-0.2, -0.15) is 11.3 Å². The summed E-state index contributed by atoms with van der Waals surface area (Å²) in [6.45, 7) is 5.52. The zero-order valence-corrected chi connectivity index (χ0v) is 16.8. The van der Waals surface area contributed by atoms with Gasteiger partial charge in [0.05, 0.1) is 12.8 Å². The predicted molar refractivity (Wildman–Crippen MR) is 105 cm³/mol. The topological polar surface area (TPSA) is 61.0 Å². The predicted octanol–water partition coefficient (Wildman–Crippen LogP) is 3.26. The van der Waals surface area contributed by atoms with Gasteiger partial charge < -0.3 is 19.7 Å². The Morgan fingerprint density at radius 2 is 2.26 bits per heavy atom. The Balaban J connectivity index is 0.00000264. The molecule has 7 heteroatoms. The molecule has 2 aromatic heterocycles. The van der Waals surface area contributed by atoms with Crippen molar-refractivity contribution in [1.82, 2.24) is 10.2 Å². The first-order valence-corrected chi connectivity index (χ1v) is 8.24. The molecule has 128 valence electrons. The van der Waals surface area contributed by atoms with E-state index in [-0.39, 0.29) is 30.5 Å². The number of nitrogens with one attached hydrogen (secondary N) is 1. The summed E-state index contributed by atoms with van der Waals surface area (Å²) >= 11 is 1.68. The molecule has 0 aromatic carbocycles. The minimum absolute atomic E-state index is 0. The number of nitrogens with zero attached hydrogens (tertiary/aromatic N) is 2. The summed E-state index contributed by atoms with van der Waals surface area (Å²) in [6, 6.07) is 5.63. The van der Waals surface area contributed by atoms with Crippen molar-refractivity contribution < 1.29 is 9.52 Å². The van der Waals surface area contributed by atoms with Crippen LogP contribution in [0.5, 0.6) is 0 Å². The van der Waals surface area contributed by atoms with Gasteiger partial charge in [0.25, 0.3) is 0 Å². The number of halogens is 1. The fourth-order valence-corrected chi connectivity index (χ4v) is 2.75. The highest BCUT2D eigenvalue weighted by atomic mass is 127. The van der Waals surface area contributed by atoms with E-state index in [4.69, 9.17) is 4.42 Å². The largest absolute Gasteiger partial charge is 0.466 e. The van der Waals surface area contributed by atoms with Crippen molar-refractivity contribution in [3.63, 3.8) is 0 Å². The molecular weight excluding hydrogens is 425 g/mol. The third kappa shape index (κ3) is 5.82. The molecule has 1 atom stereocenters. The number of aliphatic hydroxyl groups is 1. The van der Waals surface area contributed by atoms with E-state index in [0.717, 1.165) is 19.0 Å². The highest BCUT2D eigenvalue weighted by Crippen LogP contribution is 2.21. The van der Waals surface area contributed by atoms with E-state index in [0.29, 0.717) is 5.76 Å². The normalized spacial score (nSPS) is 14.0. The Kier molecular flexibility index (Phi) is 8.07. The Bertz CT molecular complexity index is 583. The van der Waals surface area contributed by atoms with Gasteiger partial charge in [-0.3, -0.25) is 0 Å². The molecular formula is C16H24IN3O2S. The third-order valence-corrected chi connectivity index (χ3v) is 4.02. The summed E-state index contributed by atoms with van der Waals surface area (Å²) in [7, 11) is 1.99. The molecule has 23 heavy (non-hydrogen) atoms. The maximum absolute atomic E-state index is 10.5. The van der Waals surface area contributed by atoms with Gasteiger partial charge in [-0.25, -0.2) is 4.99 Å². The molecule has 0 saturated carbocycles. The number of rotatable bonds is 6. The standard InChI is InChI=1S/C16H23N3O2S.HI/c1-4-17-15(19(3)10-13-7-9-22-11-13)18-12-16(2,20)14-6-5-8-21-14;/h5-9,11,20H,4,10,12H2,1-3H3,(H,17,18);1H. The molecule has 2 N–H and O–H groups in total. The minimum Gasteiger partial charge on any atom is -0.466 e. The Labute approximate surface area is 158 Å². The number of guanidine groups is 1. The van der Waals surface area contributed by atoms with Crippen LogP contribution in [0, 0.1) is 0 Å². The van der Waals surface area contributed by atoms with Crippen LogP contribution < -0.4 is 5.32 Å². The van der Waals surface area contributed by atoms with Crippen LogP contribution in [0.3, 0.4) is 0 Å². The monoisotopic (exact) mass is 449 g/mol. The summed E-state index contributed by atoms with van der Waals surface area (Å²) in [4.78, 5) is 6.59. The fraction of sp³-hybridized carbons (Fsp3) is 0.438. The second kappa shape index (κ2) is 9.29. The zero-order chi connectivity index (χ0) is 16.0. The quantitative estimate of drug-likeness (QED) is 0.404. The smallest absolute Gasteiger partial charge is 0.194 e. The van der Waals surface area contributed by atoms with Crippen molar-refractivity contribution >= 4 is 41.3 Å². The number of thiophene rings is 1. The molecule has 0 aliphatic heterocycles. The lowest BCUT2D eigenvalue weighted by molar-refractivity contribution is 0.0435. The summed E-state index contributed by atoms with van der Waals surface area (Å²) < 4.78 is 5.28. The zero-order valence-electron chi connectivity index (χ0n) is 13.7. The van der Waals surface area contributed by atoms with Gasteiger partial charge in [0.15, 0.2) is 5.96 Å². The second-order valence-corrected chi connectivity index (χ2v) is 6.19. The maximum Gasteiger partial charge on any atom is 0.194 e. The maximum atomic E-state index is 10.5. The van der Waals surface area contributed by atoms with Crippen LogP contribution in [0.25, 0.3) is 0 Å². The second-order valence-electron chi connectivity index (χ2n) is 5.41. The van der Waals surface area contributed by atoms with E-state index in [2.05, 4.69) is 27.1 Å². The van der Waals surface area contributed by atoms with Crippen LogP contribution in [0.2, 0.25) is 0 Å². The van der Waals surface area contributed by atoms with Crippen molar-refractivity contribution in [2.45, 2.75) is 26.0 Å². The van der Waals surface area contributed by atoms with Crippen molar-refractivity contribution in [3.05, 3.63) is 46.5 Å². The van der Waals surface area contributed by atoms with Crippen molar-refractivity contribution in [1.29, 1.82) is 0 Å². The van der Waals surface area contributed by atoms with Gasteiger partial charge in [-0.1, -0.05) is 0 Å². The lowest BCUT2D eigenvalue weighted by Crippen LogP contribution is -2.39. The summed E-state index contributed by atoms with van der Waals surface area (Å²) in [5.41, 5.74) is 0.129. The average Bonchev–Trinajstić information content (AvgIpc) is 3.16.